The first-order valence-electron chi connectivity index (χ1n) is 8.49. The van der Waals surface area contributed by atoms with Crippen molar-refractivity contribution in [3.8, 4) is 5.75 Å². The fourth-order valence-corrected chi connectivity index (χ4v) is 3.36. The average molecular weight is 373 g/mol. The topological polar surface area (TPSA) is 58.6 Å². The van der Waals surface area contributed by atoms with Crippen molar-refractivity contribution in [3.05, 3.63) is 59.1 Å². The van der Waals surface area contributed by atoms with Crippen molar-refractivity contribution >= 4 is 29.1 Å². The van der Waals surface area contributed by atoms with E-state index in [0.717, 1.165) is 5.56 Å². The molecule has 1 fully saturated rings. The number of benzene rings is 2. The second-order valence-corrected chi connectivity index (χ2v) is 6.77. The second kappa shape index (κ2) is 7.79. The molecule has 1 aliphatic rings. The average Bonchev–Trinajstić information content (AvgIpc) is 3.04. The SMILES string of the molecule is COc1ccc(N2CC(C(=O)NC(C)c3ccccc3)CC2=O)cc1Cl. The fourth-order valence-electron chi connectivity index (χ4n) is 3.11. The number of rotatable bonds is 5. The van der Waals surface area contributed by atoms with Gasteiger partial charge in [0.05, 0.1) is 24.1 Å². The molecule has 0 bridgehead atoms. The number of hydrogen-bond donors (Lipinski definition) is 1. The van der Waals surface area contributed by atoms with Gasteiger partial charge in [0.1, 0.15) is 5.75 Å². The summed E-state index contributed by atoms with van der Waals surface area (Å²) in [4.78, 5) is 26.6. The maximum Gasteiger partial charge on any atom is 0.227 e. The molecule has 2 atom stereocenters. The van der Waals surface area contributed by atoms with E-state index in [2.05, 4.69) is 5.32 Å². The smallest absolute Gasteiger partial charge is 0.227 e. The van der Waals surface area contributed by atoms with Gasteiger partial charge in [-0.3, -0.25) is 9.59 Å². The van der Waals surface area contributed by atoms with Crippen LogP contribution in [0.15, 0.2) is 48.5 Å². The fraction of sp³-hybridized carbons (Fsp3) is 0.300. The van der Waals surface area contributed by atoms with Crippen molar-refractivity contribution in [3.63, 3.8) is 0 Å². The largest absolute Gasteiger partial charge is 0.495 e. The standard InChI is InChI=1S/C20H21ClN2O3/c1-13(14-6-4-3-5-7-14)22-20(25)15-10-19(24)23(12-15)16-8-9-18(26-2)17(21)11-16/h3-9,11,13,15H,10,12H2,1-2H3,(H,22,25). The van der Waals surface area contributed by atoms with Crippen LogP contribution in [-0.4, -0.2) is 25.5 Å². The van der Waals surface area contributed by atoms with Crippen LogP contribution < -0.4 is 15.0 Å². The van der Waals surface area contributed by atoms with Gasteiger partial charge in [0.25, 0.3) is 0 Å². The lowest BCUT2D eigenvalue weighted by molar-refractivity contribution is -0.126. The number of carbonyl (C=O) groups excluding carboxylic acids is 2. The highest BCUT2D eigenvalue weighted by Gasteiger charge is 2.35. The highest BCUT2D eigenvalue weighted by Crippen LogP contribution is 2.32. The van der Waals surface area contributed by atoms with Crippen molar-refractivity contribution in [2.45, 2.75) is 19.4 Å². The molecule has 0 spiro atoms. The summed E-state index contributed by atoms with van der Waals surface area (Å²) in [6.45, 7) is 2.28. The van der Waals surface area contributed by atoms with Crippen molar-refractivity contribution in [1.82, 2.24) is 5.32 Å². The lowest BCUT2D eigenvalue weighted by Gasteiger charge is -2.19. The van der Waals surface area contributed by atoms with Gasteiger partial charge in [0.2, 0.25) is 11.8 Å². The first kappa shape index (κ1) is 18.3. The molecule has 0 radical (unpaired) electrons. The molecule has 3 rings (SSSR count). The van der Waals surface area contributed by atoms with Crippen LogP contribution in [0.3, 0.4) is 0 Å². The highest BCUT2D eigenvalue weighted by atomic mass is 35.5. The van der Waals surface area contributed by atoms with E-state index in [0.29, 0.717) is 23.0 Å². The van der Waals surface area contributed by atoms with Crippen molar-refractivity contribution in [2.75, 3.05) is 18.6 Å². The zero-order valence-corrected chi connectivity index (χ0v) is 15.5. The maximum atomic E-state index is 12.6. The summed E-state index contributed by atoms with van der Waals surface area (Å²) in [5, 5.41) is 3.43. The van der Waals surface area contributed by atoms with E-state index in [9.17, 15) is 9.59 Å². The molecule has 1 N–H and O–H groups in total. The van der Waals surface area contributed by atoms with E-state index in [1.54, 1.807) is 23.1 Å². The number of ether oxygens (including phenoxy) is 1. The first-order chi connectivity index (χ1) is 12.5. The van der Waals surface area contributed by atoms with Gasteiger partial charge in [-0.1, -0.05) is 41.9 Å². The molecule has 0 aliphatic carbocycles. The van der Waals surface area contributed by atoms with E-state index in [1.165, 1.54) is 7.11 Å². The highest BCUT2D eigenvalue weighted by molar-refractivity contribution is 6.32. The molecule has 6 heteroatoms. The third kappa shape index (κ3) is 3.83. The van der Waals surface area contributed by atoms with Gasteiger partial charge >= 0.3 is 0 Å². The van der Waals surface area contributed by atoms with Gasteiger partial charge in [0, 0.05) is 18.7 Å². The summed E-state index contributed by atoms with van der Waals surface area (Å²) >= 11 is 6.15. The van der Waals surface area contributed by atoms with E-state index < -0.39 is 0 Å². The number of nitrogens with one attached hydrogen (secondary N) is 1. The number of anilines is 1. The van der Waals surface area contributed by atoms with E-state index in [4.69, 9.17) is 16.3 Å². The van der Waals surface area contributed by atoms with Crippen molar-refractivity contribution < 1.29 is 14.3 Å². The molecular weight excluding hydrogens is 352 g/mol. The van der Waals surface area contributed by atoms with Crippen LogP contribution in [0.1, 0.15) is 24.9 Å². The van der Waals surface area contributed by atoms with Gasteiger partial charge in [-0.15, -0.1) is 0 Å². The third-order valence-electron chi connectivity index (χ3n) is 4.60. The Morgan fingerprint density at radius 1 is 1.27 bits per heavy atom. The van der Waals surface area contributed by atoms with E-state index in [1.807, 2.05) is 37.3 Å². The minimum Gasteiger partial charge on any atom is -0.495 e. The molecule has 2 aromatic carbocycles. The van der Waals surface area contributed by atoms with Gasteiger partial charge in [-0.05, 0) is 30.7 Å². The number of carbonyl (C=O) groups is 2. The Hall–Kier alpha value is -2.53. The van der Waals surface area contributed by atoms with Crippen LogP contribution in [0, 0.1) is 5.92 Å². The summed E-state index contributed by atoms with van der Waals surface area (Å²) in [6.07, 6.45) is 0.191. The minimum atomic E-state index is -0.380. The number of hydrogen-bond acceptors (Lipinski definition) is 3. The Labute approximate surface area is 157 Å². The monoisotopic (exact) mass is 372 g/mol. The van der Waals surface area contributed by atoms with Crippen LogP contribution in [0.25, 0.3) is 0 Å². The zero-order valence-electron chi connectivity index (χ0n) is 14.7. The molecule has 0 saturated carbocycles. The van der Waals surface area contributed by atoms with E-state index in [-0.39, 0.29) is 30.2 Å². The van der Waals surface area contributed by atoms with Gasteiger partial charge in [0.15, 0.2) is 0 Å². The van der Waals surface area contributed by atoms with E-state index >= 15 is 0 Å². The number of methoxy groups -OCH3 is 1. The Morgan fingerprint density at radius 3 is 2.65 bits per heavy atom. The molecule has 2 amide bonds. The quantitative estimate of drug-likeness (QED) is 0.872. The summed E-state index contributed by atoms with van der Waals surface area (Å²) < 4.78 is 5.14. The lowest BCUT2D eigenvalue weighted by atomic mass is 10.1. The number of amides is 2. The predicted octanol–water partition coefficient (Wildman–Crippen LogP) is 3.58. The van der Waals surface area contributed by atoms with Crippen molar-refractivity contribution in [1.29, 1.82) is 0 Å². The predicted molar refractivity (Wildman–Crippen MR) is 101 cm³/mol. The van der Waals surface area contributed by atoms with Crippen LogP contribution in [0.4, 0.5) is 5.69 Å². The molecule has 2 aromatic rings. The van der Waals surface area contributed by atoms with Crippen LogP contribution in [-0.2, 0) is 9.59 Å². The van der Waals surface area contributed by atoms with Crippen LogP contribution in [0.5, 0.6) is 5.75 Å². The zero-order chi connectivity index (χ0) is 18.7. The first-order valence-corrected chi connectivity index (χ1v) is 8.86. The van der Waals surface area contributed by atoms with Crippen molar-refractivity contribution in [2.24, 2.45) is 5.92 Å². The van der Waals surface area contributed by atoms with Gasteiger partial charge in [-0.25, -0.2) is 0 Å². The molecule has 2 unspecified atom stereocenters. The molecule has 136 valence electrons. The molecule has 26 heavy (non-hydrogen) atoms. The molecular formula is C20H21ClN2O3. The van der Waals surface area contributed by atoms with Crippen LogP contribution in [0.2, 0.25) is 5.02 Å². The van der Waals surface area contributed by atoms with Crippen LogP contribution >= 0.6 is 11.6 Å². The Bertz CT molecular complexity index is 810. The lowest BCUT2D eigenvalue weighted by Crippen LogP contribution is -2.34. The molecule has 1 aliphatic heterocycles. The summed E-state index contributed by atoms with van der Waals surface area (Å²) in [5.41, 5.74) is 1.70. The summed E-state index contributed by atoms with van der Waals surface area (Å²) in [5.74, 6) is -0.0295. The Morgan fingerprint density at radius 2 is 2.00 bits per heavy atom. The third-order valence-corrected chi connectivity index (χ3v) is 4.90. The maximum absolute atomic E-state index is 12.6. The number of nitrogens with zero attached hydrogens (tertiary/aromatic N) is 1. The molecule has 0 aromatic heterocycles. The van der Waals surface area contributed by atoms with Gasteiger partial charge < -0.3 is 15.0 Å². The molecule has 1 saturated heterocycles. The molecule has 1 heterocycles. The number of halogens is 1. The molecule has 5 nitrogen and oxygen atoms in total. The second-order valence-electron chi connectivity index (χ2n) is 6.37. The summed E-state index contributed by atoms with van der Waals surface area (Å²) in [6, 6.07) is 14.8. The summed E-state index contributed by atoms with van der Waals surface area (Å²) in [7, 11) is 1.54. The Balaban J connectivity index is 1.67. The minimum absolute atomic E-state index is 0.0845. The Kier molecular flexibility index (Phi) is 5.47. The van der Waals surface area contributed by atoms with Gasteiger partial charge in [-0.2, -0.15) is 0 Å². The normalized spacial score (nSPS) is 17.9.